The molecule has 0 unspecified atom stereocenters. The zero-order chi connectivity index (χ0) is 19.1. The molecule has 1 aliphatic rings. The highest BCUT2D eigenvalue weighted by atomic mass is 16.5. The van der Waals surface area contributed by atoms with Gasteiger partial charge in [-0.15, -0.1) is 0 Å². The normalized spacial score (nSPS) is 13.9. The quantitative estimate of drug-likeness (QED) is 0.610. The third kappa shape index (κ3) is 5.16. The molecule has 0 fully saturated rings. The van der Waals surface area contributed by atoms with Gasteiger partial charge in [0.1, 0.15) is 5.75 Å². The predicted octanol–water partition coefficient (Wildman–Crippen LogP) is 2.99. The number of guanidine groups is 1. The van der Waals surface area contributed by atoms with Crippen molar-refractivity contribution in [1.82, 2.24) is 10.6 Å². The summed E-state index contributed by atoms with van der Waals surface area (Å²) in [7, 11) is 5.67. The summed E-state index contributed by atoms with van der Waals surface area (Å²) in [6.45, 7) is 2.76. The zero-order valence-corrected chi connectivity index (χ0v) is 16.6. The first-order chi connectivity index (χ1) is 13.2. The van der Waals surface area contributed by atoms with Gasteiger partial charge >= 0.3 is 0 Å². The van der Waals surface area contributed by atoms with Crippen LogP contribution in [0.5, 0.6) is 5.75 Å². The lowest BCUT2D eigenvalue weighted by Gasteiger charge is -2.28. The molecule has 0 atom stereocenters. The van der Waals surface area contributed by atoms with E-state index in [1.807, 2.05) is 19.2 Å². The topological polar surface area (TPSA) is 48.9 Å². The SMILES string of the molecule is CN=C(NCCc1ccc(OC)cc1)NCc1ccc2c(c1)CCCN2C. The Labute approximate surface area is 162 Å². The number of methoxy groups -OCH3 is 1. The summed E-state index contributed by atoms with van der Waals surface area (Å²) in [6, 6.07) is 15.0. The highest BCUT2D eigenvalue weighted by Crippen LogP contribution is 2.26. The molecule has 1 aliphatic heterocycles. The molecular weight excluding hydrogens is 336 g/mol. The van der Waals surface area contributed by atoms with Crippen LogP contribution in [0.3, 0.4) is 0 Å². The minimum atomic E-state index is 0.777. The van der Waals surface area contributed by atoms with Crippen molar-refractivity contribution in [2.45, 2.75) is 25.8 Å². The average molecular weight is 367 g/mol. The number of aliphatic imine (C=N–C) groups is 1. The van der Waals surface area contributed by atoms with Gasteiger partial charge in [0.25, 0.3) is 0 Å². The lowest BCUT2D eigenvalue weighted by atomic mass is 9.99. The largest absolute Gasteiger partial charge is 0.497 e. The van der Waals surface area contributed by atoms with Crippen LogP contribution in [0.4, 0.5) is 5.69 Å². The maximum atomic E-state index is 5.20. The van der Waals surface area contributed by atoms with Crippen LogP contribution in [-0.2, 0) is 19.4 Å². The van der Waals surface area contributed by atoms with E-state index in [-0.39, 0.29) is 0 Å². The van der Waals surface area contributed by atoms with Crippen LogP contribution in [0.2, 0.25) is 0 Å². The Hall–Kier alpha value is -2.69. The number of anilines is 1. The molecule has 27 heavy (non-hydrogen) atoms. The number of hydrogen-bond donors (Lipinski definition) is 2. The van der Waals surface area contributed by atoms with Crippen molar-refractivity contribution >= 4 is 11.6 Å². The summed E-state index contributed by atoms with van der Waals surface area (Å²) < 4.78 is 5.20. The van der Waals surface area contributed by atoms with Crippen LogP contribution in [0.25, 0.3) is 0 Å². The van der Waals surface area contributed by atoms with E-state index in [2.05, 4.69) is 57.9 Å². The van der Waals surface area contributed by atoms with E-state index in [1.165, 1.54) is 35.2 Å². The van der Waals surface area contributed by atoms with Crippen LogP contribution in [0.1, 0.15) is 23.1 Å². The molecule has 0 aliphatic carbocycles. The summed E-state index contributed by atoms with van der Waals surface area (Å²) in [4.78, 5) is 6.67. The van der Waals surface area contributed by atoms with Gasteiger partial charge < -0.3 is 20.3 Å². The molecule has 2 aromatic rings. The fourth-order valence-corrected chi connectivity index (χ4v) is 3.47. The molecule has 0 bridgehead atoms. The Morgan fingerprint density at radius 1 is 1.11 bits per heavy atom. The zero-order valence-electron chi connectivity index (χ0n) is 16.6. The van der Waals surface area contributed by atoms with Gasteiger partial charge in [-0.1, -0.05) is 24.3 Å². The van der Waals surface area contributed by atoms with E-state index in [9.17, 15) is 0 Å². The molecule has 5 heteroatoms. The molecule has 0 amide bonds. The van der Waals surface area contributed by atoms with Gasteiger partial charge in [0, 0.05) is 39.4 Å². The molecular formula is C22H30N4O. The lowest BCUT2D eigenvalue weighted by molar-refractivity contribution is 0.414. The first-order valence-electron chi connectivity index (χ1n) is 9.60. The molecule has 0 saturated carbocycles. The number of aryl methyl sites for hydroxylation is 1. The second kappa shape index (κ2) is 9.31. The summed E-state index contributed by atoms with van der Waals surface area (Å²) >= 11 is 0. The lowest BCUT2D eigenvalue weighted by Crippen LogP contribution is -2.37. The second-order valence-corrected chi connectivity index (χ2v) is 6.94. The van der Waals surface area contributed by atoms with Crippen LogP contribution < -0.4 is 20.3 Å². The minimum Gasteiger partial charge on any atom is -0.497 e. The van der Waals surface area contributed by atoms with Crippen molar-refractivity contribution in [2.75, 3.05) is 39.2 Å². The third-order valence-corrected chi connectivity index (χ3v) is 5.04. The van der Waals surface area contributed by atoms with Gasteiger partial charge in [0.15, 0.2) is 5.96 Å². The van der Waals surface area contributed by atoms with E-state index >= 15 is 0 Å². The van der Waals surface area contributed by atoms with Crippen molar-refractivity contribution < 1.29 is 4.74 Å². The van der Waals surface area contributed by atoms with Crippen molar-refractivity contribution in [3.05, 3.63) is 59.2 Å². The molecule has 144 valence electrons. The van der Waals surface area contributed by atoms with Gasteiger partial charge in [0.2, 0.25) is 0 Å². The maximum absolute atomic E-state index is 5.20. The number of nitrogens with zero attached hydrogens (tertiary/aromatic N) is 2. The molecule has 2 N–H and O–H groups in total. The summed E-state index contributed by atoms with van der Waals surface area (Å²) in [5, 5.41) is 6.80. The van der Waals surface area contributed by atoms with Gasteiger partial charge in [-0.3, -0.25) is 4.99 Å². The number of ether oxygens (including phenoxy) is 1. The van der Waals surface area contributed by atoms with E-state index in [0.29, 0.717) is 0 Å². The third-order valence-electron chi connectivity index (χ3n) is 5.04. The highest BCUT2D eigenvalue weighted by Gasteiger charge is 2.13. The smallest absolute Gasteiger partial charge is 0.191 e. The molecule has 0 aromatic heterocycles. The van der Waals surface area contributed by atoms with E-state index in [0.717, 1.165) is 37.8 Å². The molecule has 1 heterocycles. The van der Waals surface area contributed by atoms with E-state index < -0.39 is 0 Å². The van der Waals surface area contributed by atoms with E-state index in [4.69, 9.17) is 4.74 Å². The first kappa shape index (κ1) is 19.1. The standard InChI is InChI=1S/C22H30N4O/c1-23-22(24-13-12-17-6-9-20(27-3)10-7-17)25-16-18-8-11-21-19(15-18)5-4-14-26(21)2/h6-11,15H,4-5,12-14,16H2,1-3H3,(H2,23,24,25). The van der Waals surface area contributed by atoms with Crippen molar-refractivity contribution in [3.8, 4) is 5.75 Å². The maximum Gasteiger partial charge on any atom is 0.191 e. The summed E-state index contributed by atoms with van der Waals surface area (Å²) in [6.07, 6.45) is 3.34. The fraction of sp³-hybridized carbons (Fsp3) is 0.409. The Balaban J connectivity index is 1.47. The highest BCUT2D eigenvalue weighted by molar-refractivity contribution is 5.79. The minimum absolute atomic E-state index is 0.777. The summed E-state index contributed by atoms with van der Waals surface area (Å²) in [5.41, 5.74) is 5.39. The monoisotopic (exact) mass is 366 g/mol. The Kier molecular flexibility index (Phi) is 6.58. The molecule has 3 rings (SSSR count). The Morgan fingerprint density at radius 3 is 2.63 bits per heavy atom. The number of nitrogens with one attached hydrogen (secondary N) is 2. The van der Waals surface area contributed by atoms with Crippen LogP contribution in [0.15, 0.2) is 47.5 Å². The first-order valence-corrected chi connectivity index (χ1v) is 9.60. The van der Waals surface area contributed by atoms with E-state index in [1.54, 1.807) is 7.11 Å². The van der Waals surface area contributed by atoms with Crippen molar-refractivity contribution in [3.63, 3.8) is 0 Å². The Morgan fingerprint density at radius 2 is 1.89 bits per heavy atom. The fourth-order valence-electron chi connectivity index (χ4n) is 3.47. The van der Waals surface area contributed by atoms with Gasteiger partial charge in [0.05, 0.1) is 7.11 Å². The number of fused-ring (bicyclic) bond motifs is 1. The van der Waals surface area contributed by atoms with Crippen molar-refractivity contribution in [1.29, 1.82) is 0 Å². The average Bonchev–Trinajstić information content (AvgIpc) is 2.71. The number of rotatable bonds is 6. The van der Waals surface area contributed by atoms with Crippen LogP contribution >= 0.6 is 0 Å². The molecule has 0 saturated heterocycles. The van der Waals surface area contributed by atoms with Crippen LogP contribution in [-0.4, -0.2) is 40.3 Å². The van der Waals surface area contributed by atoms with Gasteiger partial charge in [-0.05, 0) is 54.2 Å². The van der Waals surface area contributed by atoms with Gasteiger partial charge in [-0.2, -0.15) is 0 Å². The van der Waals surface area contributed by atoms with Crippen molar-refractivity contribution in [2.24, 2.45) is 4.99 Å². The summed E-state index contributed by atoms with van der Waals surface area (Å²) in [5.74, 6) is 1.72. The molecule has 0 spiro atoms. The Bertz CT molecular complexity index is 770. The molecule has 0 radical (unpaired) electrons. The number of hydrogen-bond acceptors (Lipinski definition) is 3. The molecule has 5 nitrogen and oxygen atoms in total. The van der Waals surface area contributed by atoms with Gasteiger partial charge in [-0.25, -0.2) is 0 Å². The second-order valence-electron chi connectivity index (χ2n) is 6.94. The predicted molar refractivity (Wildman–Crippen MR) is 113 cm³/mol. The molecule has 2 aromatic carbocycles. The number of benzene rings is 2. The van der Waals surface area contributed by atoms with Crippen LogP contribution in [0, 0.1) is 0 Å².